The third kappa shape index (κ3) is 11.1. The summed E-state index contributed by atoms with van der Waals surface area (Å²) in [5, 5.41) is 606. The summed E-state index contributed by atoms with van der Waals surface area (Å²) >= 11 is 0. The number of rotatable bonds is 7. The number of benzene rings is 17. The summed E-state index contributed by atoms with van der Waals surface area (Å²) in [7, 11) is 0. The van der Waals surface area contributed by atoms with E-state index in [1.807, 2.05) is 0 Å². The van der Waals surface area contributed by atoms with Gasteiger partial charge in [0.1, 0.15) is 23.0 Å². The number of fused-ring (bicyclic) bond motifs is 12. The maximum atomic E-state index is 12.5. The van der Waals surface area contributed by atoms with Crippen molar-refractivity contribution in [2.24, 2.45) is 0 Å². The van der Waals surface area contributed by atoms with E-state index in [9.17, 15) is 286 Å². The molecule has 0 fully saturated rings. The van der Waals surface area contributed by atoms with Crippen LogP contribution in [0.15, 0.2) is 8.83 Å². The molecule has 58 nitrogen and oxygen atoms in total. The average Bonchev–Trinajstić information content (AvgIpc) is 0.913. The van der Waals surface area contributed by atoms with E-state index >= 15 is 0 Å². The Morgan fingerprint density at radius 1 is 0.0608 bits per heavy atom. The fourth-order valence-corrected chi connectivity index (χ4v) is 18.3. The van der Waals surface area contributed by atoms with Gasteiger partial charge in [0.05, 0.1) is 65.7 Å². The molecule has 764 valence electrons. The van der Waals surface area contributed by atoms with E-state index in [4.69, 9.17) is 8.83 Å². The van der Waals surface area contributed by atoms with Crippen molar-refractivity contribution in [3.05, 3.63) is 0 Å². The Morgan fingerprint density at radius 3 is 0.412 bits per heavy atom. The highest BCUT2D eigenvalue weighted by atomic mass is 16.4. The van der Waals surface area contributed by atoms with Crippen LogP contribution in [0, 0.1) is 0 Å². The second kappa shape index (κ2) is 30.1. The van der Waals surface area contributed by atoms with E-state index in [-0.39, 0.29) is 0 Å². The molecule has 0 spiro atoms. The predicted molar refractivity (Wildman–Crippen MR) is 484 cm³/mol. The van der Waals surface area contributed by atoms with Crippen molar-refractivity contribution in [2.45, 2.75) is 0 Å². The monoisotopic (exact) mass is 2060 g/mol. The van der Waals surface area contributed by atoms with Gasteiger partial charge in [0, 0.05) is 98.4 Å². The number of phenols is 56. The molecule has 0 aliphatic carbocycles. The molecule has 0 amide bonds. The fraction of sp³-hybridized carbons (Fsp3) is 0. The summed E-state index contributed by atoms with van der Waals surface area (Å²) in [6.45, 7) is 0. The summed E-state index contributed by atoms with van der Waals surface area (Å²) in [5.41, 5.74) is -26.4. The van der Waals surface area contributed by atoms with Crippen molar-refractivity contribution in [1.82, 2.24) is 0 Å². The summed E-state index contributed by atoms with van der Waals surface area (Å²) in [6, 6.07) is 0. The molecule has 0 unspecified atom stereocenters. The minimum atomic E-state index is -2.02. The maximum Gasteiger partial charge on any atom is 0.208 e. The lowest BCUT2D eigenvalue weighted by Crippen LogP contribution is -1.98. The molecule has 2 heterocycles. The quantitative estimate of drug-likeness (QED) is 0.0401. The molecule has 0 saturated heterocycles. The second-order valence-electron chi connectivity index (χ2n) is 32.3. The summed E-state index contributed by atoms with van der Waals surface area (Å²) in [6.07, 6.45) is 0. The van der Waals surface area contributed by atoms with Gasteiger partial charge in [-0.1, -0.05) is 0 Å². The first kappa shape index (κ1) is 95.0. The van der Waals surface area contributed by atoms with E-state index in [1.165, 1.54) is 0 Å². The first-order chi connectivity index (χ1) is 69.0. The lowest BCUT2D eigenvalue weighted by molar-refractivity contribution is 0.329. The summed E-state index contributed by atoms with van der Waals surface area (Å²) in [5.74, 6) is -97.2. The van der Waals surface area contributed by atoms with Crippen molar-refractivity contribution >= 4 is 109 Å². The van der Waals surface area contributed by atoms with Gasteiger partial charge in [-0.2, -0.15) is 0 Å². The van der Waals surface area contributed by atoms with Crippen molar-refractivity contribution < 1.29 is 295 Å². The highest BCUT2D eigenvalue weighted by molar-refractivity contribution is 6.37. The second-order valence-corrected chi connectivity index (χ2v) is 32.3. The van der Waals surface area contributed by atoms with Gasteiger partial charge >= 0.3 is 0 Å². The molecule has 0 saturated carbocycles. The highest BCUT2D eigenvalue weighted by Crippen LogP contribution is 2.76. The van der Waals surface area contributed by atoms with Crippen molar-refractivity contribution in [3.8, 4) is 400 Å². The largest absolute Gasteiger partial charge is 0.506 e. The van der Waals surface area contributed by atoms with E-state index in [1.54, 1.807) is 0 Å². The van der Waals surface area contributed by atoms with Crippen LogP contribution in [0.3, 0.4) is 0 Å². The predicted octanol–water partition coefficient (Wildman–Crippen LogP) is 9.27. The Bertz CT molecular complexity index is 9420. The molecule has 148 heavy (non-hydrogen) atoms. The van der Waals surface area contributed by atoms with Crippen LogP contribution in [0.25, 0.3) is 186 Å². The van der Waals surface area contributed by atoms with Gasteiger partial charge in [0.2, 0.25) is 149 Å². The highest BCUT2D eigenvalue weighted by Gasteiger charge is 2.47. The number of aromatic hydroxyl groups is 56. The van der Waals surface area contributed by atoms with Gasteiger partial charge in [-0.05, 0) is 0 Å². The molecule has 58 heteroatoms. The van der Waals surface area contributed by atoms with Crippen molar-refractivity contribution in [1.29, 1.82) is 0 Å². The van der Waals surface area contributed by atoms with Gasteiger partial charge in [-0.25, -0.2) is 0 Å². The molecule has 0 aliphatic rings. The molecule has 0 atom stereocenters. The minimum Gasteiger partial charge on any atom is -0.506 e. The Labute approximate surface area is 800 Å². The lowest BCUT2D eigenvalue weighted by Gasteiger charge is -2.26. The van der Waals surface area contributed by atoms with Crippen LogP contribution in [0.2, 0.25) is 0 Å². The molecule has 0 radical (unpaired) electrons. The third-order valence-electron chi connectivity index (χ3n) is 25.0. The first-order valence-corrected chi connectivity index (χ1v) is 39.6. The first-order valence-electron chi connectivity index (χ1n) is 39.6. The zero-order valence-electron chi connectivity index (χ0n) is 70.9. The zero-order valence-corrected chi connectivity index (χ0v) is 70.9. The molecular weight excluding hydrogens is 2010 g/mol. The van der Waals surface area contributed by atoms with Crippen LogP contribution in [0.5, 0.6) is 322 Å². The number of furan rings is 2. The van der Waals surface area contributed by atoms with Crippen LogP contribution in [-0.4, -0.2) is 286 Å². The smallest absolute Gasteiger partial charge is 0.208 e. The van der Waals surface area contributed by atoms with E-state index < -0.39 is 508 Å². The van der Waals surface area contributed by atoms with E-state index in [0.29, 0.717) is 0 Å². The van der Waals surface area contributed by atoms with Crippen LogP contribution in [0.4, 0.5) is 0 Å². The molecule has 0 bridgehead atoms. The topological polar surface area (TPSA) is 1160 Å². The number of hydrogen-bond donors (Lipinski definition) is 56. The van der Waals surface area contributed by atoms with Gasteiger partial charge in [-0.15, -0.1) is 0 Å². The third-order valence-corrected chi connectivity index (χ3v) is 25.0. The standard InChI is InChI=1S/C46H28O29.C44H28O29/c47-17-12(27(57)28(58)14-13(17)29(59)39(69)40(70)30(14)60)10-9-8(25(55)37(67)38(68)26(9)56)5(19(49)20(10)50)1-3-6(23(53)35(65)33(63)21(3)51)2(7-4(1)22(52)34(64)36(66)24(7)54)11-18(48)15-16-32(62)41(71)42(72)44(74)46(16)75-45(15)43(73)31(11)61;45-15-7(11-23(53)33(63)38(68)34(64)24(11)54)8(12-25(55)35(65)39(69)36(66)26(12)56)17(47)22(52)9(15)1-3-5(20(50)31(61)29(59)18(3)48)2(6-4(1)19(49)30(60)32(62)21(6)51)10-16(46)13-14-28(58)37(67)40(70)42(72)44(14)73-43(13)41(71)27(10)57/h47-74H;45-72H. The number of phenolic OH excluding ortho intramolecular Hbond substituents is 56. The zero-order chi connectivity index (χ0) is 109. The summed E-state index contributed by atoms with van der Waals surface area (Å²) < 4.78 is 10.6. The molecule has 56 N–H and O–H groups in total. The minimum absolute atomic E-state index is 1.01. The normalized spacial score (nSPS) is 11.8. The van der Waals surface area contributed by atoms with Crippen LogP contribution in [0.1, 0.15) is 0 Å². The fourth-order valence-electron chi connectivity index (χ4n) is 18.3. The Kier molecular flexibility index (Phi) is 19.3. The van der Waals surface area contributed by atoms with Crippen LogP contribution in [-0.2, 0) is 0 Å². The van der Waals surface area contributed by atoms with Gasteiger partial charge in [0.25, 0.3) is 0 Å². The molecular formula is C90H56O58. The summed E-state index contributed by atoms with van der Waals surface area (Å²) in [4.78, 5) is 0. The average molecular weight is 2070 g/mol. The molecule has 17 aromatic carbocycles. The van der Waals surface area contributed by atoms with Crippen molar-refractivity contribution in [3.63, 3.8) is 0 Å². The lowest BCUT2D eigenvalue weighted by atomic mass is 9.80. The van der Waals surface area contributed by atoms with Crippen LogP contribution < -0.4 is 0 Å². The molecule has 19 aromatic rings. The molecule has 19 rings (SSSR count). The molecule has 0 aliphatic heterocycles. The number of hydrogen-bond acceptors (Lipinski definition) is 58. The Morgan fingerprint density at radius 2 is 0.162 bits per heavy atom. The van der Waals surface area contributed by atoms with Gasteiger partial charge in [-0.3, -0.25) is 0 Å². The van der Waals surface area contributed by atoms with Gasteiger partial charge < -0.3 is 295 Å². The maximum absolute atomic E-state index is 12.5. The molecule has 2 aromatic heterocycles. The van der Waals surface area contributed by atoms with Crippen LogP contribution >= 0.6 is 0 Å². The van der Waals surface area contributed by atoms with Crippen molar-refractivity contribution in [2.75, 3.05) is 0 Å². The van der Waals surface area contributed by atoms with Gasteiger partial charge in [0.15, 0.2) is 172 Å². The Balaban J connectivity index is 0.000000194. The Hall–Kier alpha value is -23.3. The SMILES string of the molecule is Oc1c(O)c(O)c(-c2c(O)c(O)c(-c3c4c(O)c(O)c(O)c(O)c4c(-c4c(O)c(O)c5oc6c(O)c(O)c(O)c(O)c6c5c4O)c4c(O)c(O)c(O)c(O)c34)c(O)c2-c2c(O)c(O)c(O)c(O)c2O)c(O)c1O.Oc1c(O)c(O)c2c(oc3c(O)c(O)c(-c4c5c(O)c(O)c(O)c(O)c5c(-c5c(O)c(O)c(-c6c(O)c(O)c7c(O)c(O)c(O)c(O)c7c6O)c6c(O)c(O)c(O)c(O)c56)c5c(O)c(O)c(O)c(O)c45)c(O)c32)c1O. The van der Waals surface area contributed by atoms with E-state index in [0.717, 1.165) is 0 Å². The van der Waals surface area contributed by atoms with E-state index in [2.05, 4.69) is 0 Å².